The molecule has 0 N–H and O–H groups in total. The van der Waals surface area contributed by atoms with Gasteiger partial charge in [0.1, 0.15) is 0 Å². The minimum absolute atomic E-state index is 0.252. The van der Waals surface area contributed by atoms with Crippen LogP contribution in [0.1, 0.15) is 0 Å². The highest BCUT2D eigenvalue weighted by molar-refractivity contribution is 6.41. The van der Waals surface area contributed by atoms with Crippen LogP contribution in [0.2, 0.25) is 0 Å². The largest absolute Gasteiger partial charge is 0.290 e. The summed E-state index contributed by atoms with van der Waals surface area (Å²) in [6, 6.07) is 0. The van der Waals surface area contributed by atoms with Gasteiger partial charge in [-0.3, -0.25) is 9.59 Å². The quantitative estimate of drug-likeness (QED) is 0.357. The average Bonchev–Trinajstić information content (AvgIpc) is 2.00. The molecule has 0 unspecified atom stereocenters. The van der Waals surface area contributed by atoms with Crippen LogP contribution in [-0.2, 0) is 9.59 Å². The summed E-state index contributed by atoms with van der Waals surface area (Å²) in [5.74, 6) is -1.01. The Bertz CT molecular complexity index is 220. The van der Waals surface area contributed by atoms with E-state index >= 15 is 0 Å². The smallest absolute Gasteiger partial charge is 0.209 e. The molecule has 0 aromatic carbocycles. The Kier molecular flexibility index (Phi) is 0.926. The van der Waals surface area contributed by atoms with Crippen molar-refractivity contribution in [3.8, 4) is 0 Å². The molecule has 0 spiro atoms. The maximum absolute atomic E-state index is 10.9. The second kappa shape index (κ2) is 1.66. The van der Waals surface area contributed by atoms with E-state index in [9.17, 15) is 9.59 Å². The third-order valence-corrected chi connectivity index (χ3v) is 1.90. The van der Waals surface area contributed by atoms with Crippen LogP contribution in [0.25, 0.3) is 0 Å². The maximum atomic E-state index is 10.9. The van der Waals surface area contributed by atoms with Gasteiger partial charge < -0.3 is 0 Å². The third kappa shape index (κ3) is 0.533. The minimum atomic E-state index is -0.255. The summed E-state index contributed by atoms with van der Waals surface area (Å²) in [7, 11) is 0. The van der Waals surface area contributed by atoms with Crippen molar-refractivity contribution in [2.75, 3.05) is 0 Å². The van der Waals surface area contributed by atoms with E-state index in [2.05, 4.69) is 0 Å². The van der Waals surface area contributed by atoms with Gasteiger partial charge in [-0.1, -0.05) is 24.3 Å². The Labute approximate surface area is 58.2 Å². The van der Waals surface area contributed by atoms with Gasteiger partial charge in [-0.25, -0.2) is 0 Å². The molecule has 3 rings (SSSR count). The van der Waals surface area contributed by atoms with E-state index in [0.717, 1.165) is 0 Å². The Morgan fingerprint density at radius 1 is 0.800 bits per heavy atom. The van der Waals surface area contributed by atoms with E-state index in [1.165, 1.54) is 0 Å². The van der Waals surface area contributed by atoms with Crippen LogP contribution < -0.4 is 0 Å². The first-order valence-corrected chi connectivity index (χ1v) is 3.24. The highest BCUT2D eigenvalue weighted by Gasteiger charge is 2.33. The first-order valence-electron chi connectivity index (χ1n) is 3.24. The van der Waals surface area contributed by atoms with E-state index in [0.29, 0.717) is 0 Å². The summed E-state index contributed by atoms with van der Waals surface area (Å²) in [6.07, 6.45) is 7.14. The Morgan fingerprint density at radius 2 is 1.10 bits per heavy atom. The number of hydrogen-bond acceptors (Lipinski definition) is 2. The van der Waals surface area contributed by atoms with Gasteiger partial charge in [0, 0.05) is 0 Å². The van der Waals surface area contributed by atoms with E-state index in [4.69, 9.17) is 0 Å². The van der Waals surface area contributed by atoms with Crippen LogP contribution in [0.3, 0.4) is 0 Å². The van der Waals surface area contributed by atoms with E-state index in [-0.39, 0.29) is 23.4 Å². The van der Waals surface area contributed by atoms with Crippen LogP contribution in [-0.4, -0.2) is 11.6 Å². The first kappa shape index (κ1) is 5.59. The standard InChI is InChI=1S/C8H6O2/c9-7-5-1-2-6(4-3-5)8(7)10/h1-6H. The van der Waals surface area contributed by atoms with Crippen molar-refractivity contribution in [1.29, 1.82) is 0 Å². The second-order valence-corrected chi connectivity index (χ2v) is 2.55. The predicted molar refractivity (Wildman–Crippen MR) is 35.3 cm³/mol. The molecular weight excluding hydrogens is 128 g/mol. The number of carbonyl (C=O) groups is 2. The fraction of sp³-hybridized carbons (Fsp3) is 0.250. The highest BCUT2D eigenvalue weighted by atomic mass is 16.2. The molecule has 50 valence electrons. The molecule has 3 aliphatic carbocycles. The van der Waals surface area contributed by atoms with Crippen molar-refractivity contribution in [1.82, 2.24) is 0 Å². The molecule has 0 atom stereocenters. The topological polar surface area (TPSA) is 34.1 Å². The minimum Gasteiger partial charge on any atom is -0.290 e. The fourth-order valence-electron chi connectivity index (χ4n) is 1.29. The number of hydrogen-bond donors (Lipinski definition) is 0. The lowest BCUT2D eigenvalue weighted by atomic mass is 9.80. The number of allylic oxidation sites excluding steroid dienone is 4. The van der Waals surface area contributed by atoms with Gasteiger partial charge in [-0.15, -0.1) is 0 Å². The highest BCUT2D eigenvalue weighted by Crippen LogP contribution is 2.24. The van der Waals surface area contributed by atoms with Crippen LogP contribution >= 0.6 is 0 Å². The third-order valence-electron chi connectivity index (χ3n) is 1.90. The predicted octanol–water partition coefficient (Wildman–Crippen LogP) is 0.497. The van der Waals surface area contributed by atoms with Crippen molar-refractivity contribution in [3.63, 3.8) is 0 Å². The summed E-state index contributed by atoms with van der Waals surface area (Å²) in [5, 5.41) is 0. The van der Waals surface area contributed by atoms with Gasteiger partial charge >= 0.3 is 0 Å². The zero-order chi connectivity index (χ0) is 7.14. The van der Waals surface area contributed by atoms with Crippen molar-refractivity contribution in [2.24, 2.45) is 11.8 Å². The van der Waals surface area contributed by atoms with Crippen LogP contribution in [0.4, 0.5) is 0 Å². The zero-order valence-electron chi connectivity index (χ0n) is 5.28. The SMILES string of the molecule is O=C1C(=O)C2C=CC1C=C2. The Morgan fingerprint density at radius 3 is 1.30 bits per heavy atom. The molecule has 0 saturated carbocycles. The fourth-order valence-corrected chi connectivity index (χ4v) is 1.29. The lowest BCUT2D eigenvalue weighted by molar-refractivity contribution is -0.139. The normalized spacial score (nSPS) is 35.6. The lowest BCUT2D eigenvalue weighted by Gasteiger charge is -2.20. The molecule has 2 bridgehead atoms. The van der Waals surface area contributed by atoms with Crippen LogP contribution in [0.15, 0.2) is 24.3 Å². The first-order chi connectivity index (χ1) is 4.79. The summed E-state index contributed by atoms with van der Waals surface area (Å²) in [6.45, 7) is 0. The molecular formula is C8H6O2. The average molecular weight is 134 g/mol. The Balaban J connectivity index is 2.52. The maximum Gasteiger partial charge on any atom is 0.209 e. The number of carbonyl (C=O) groups excluding carboxylic acids is 2. The van der Waals surface area contributed by atoms with Crippen molar-refractivity contribution >= 4 is 11.6 Å². The molecule has 0 aliphatic heterocycles. The summed E-state index contributed by atoms with van der Waals surface area (Å²) >= 11 is 0. The molecule has 0 aromatic rings. The van der Waals surface area contributed by atoms with Crippen molar-refractivity contribution < 1.29 is 9.59 Å². The van der Waals surface area contributed by atoms with E-state index in [1.807, 2.05) is 0 Å². The second-order valence-electron chi connectivity index (χ2n) is 2.55. The summed E-state index contributed by atoms with van der Waals surface area (Å²) < 4.78 is 0. The van der Waals surface area contributed by atoms with Gasteiger partial charge in [0.05, 0.1) is 11.8 Å². The number of rotatable bonds is 0. The monoisotopic (exact) mass is 134 g/mol. The molecule has 0 amide bonds. The van der Waals surface area contributed by atoms with E-state index in [1.54, 1.807) is 24.3 Å². The molecule has 0 aromatic heterocycles. The molecule has 2 heteroatoms. The van der Waals surface area contributed by atoms with Gasteiger partial charge in [0.2, 0.25) is 11.6 Å². The van der Waals surface area contributed by atoms with Gasteiger partial charge in [0.25, 0.3) is 0 Å². The molecule has 2 nitrogen and oxygen atoms in total. The Hall–Kier alpha value is -1.18. The molecule has 10 heavy (non-hydrogen) atoms. The summed E-state index contributed by atoms with van der Waals surface area (Å²) in [4.78, 5) is 21.9. The molecule has 0 fully saturated rings. The van der Waals surface area contributed by atoms with E-state index < -0.39 is 0 Å². The van der Waals surface area contributed by atoms with Crippen LogP contribution in [0, 0.1) is 11.8 Å². The molecule has 0 radical (unpaired) electrons. The number of fused-ring (bicyclic) bond motifs is 1. The molecule has 3 aliphatic rings. The number of ketones is 2. The van der Waals surface area contributed by atoms with Gasteiger partial charge in [0.15, 0.2) is 0 Å². The van der Waals surface area contributed by atoms with Crippen molar-refractivity contribution in [2.45, 2.75) is 0 Å². The summed E-state index contributed by atoms with van der Waals surface area (Å²) in [5.41, 5.74) is 0. The number of Topliss-reactive ketones (excluding diaryl/α,β-unsaturated/α-hetero) is 2. The van der Waals surface area contributed by atoms with Gasteiger partial charge in [-0.05, 0) is 0 Å². The zero-order valence-corrected chi connectivity index (χ0v) is 5.28. The molecule has 0 heterocycles. The van der Waals surface area contributed by atoms with Crippen molar-refractivity contribution in [3.05, 3.63) is 24.3 Å². The van der Waals surface area contributed by atoms with Crippen LogP contribution in [0.5, 0.6) is 0 Å². The van der Waals surface area contributed by atoms with Gasteiger partial charge in [-0.2, -0.15) is 0 Å². The lowest BCUT2D eigenvalue weighted by Crippen LogP contribution is -2.33. The molecule has 0 saturated heterocycles.